The third kappa shape index (κ3) is 4.58. The number of nitrogens with one attached hydrogen (secondary N) is 1. The summed E-state index contributed by atoms with van der Waals surface area (Å²) in [7, 11) is 0. The molecule has 8 heteroatoms. The molecular formula is C23H21N5O3. The van der Waals surface area contributed by atoms with E-state index < -0.39 is 11.1 Å². The van der Waals surface area contributed by atoms with Crippen LogP contribution in [0.4, 0.5) is 0 Å². The maximum absolute atomic E-state index is 12.8. The van der Waals surface area contributed by atoms with Gasteiger partial charge in [-0.15, -0.1) is 0 Å². The van der Waals surface area contributed by atoms with Gasteiger partial charge in [0.1, 0.15) is 6.54 Å². The van der Waals surface area contributed by atoms with Crippen molar-refractivity contribution in [3.05, 3.63) is 105 Å². The average Bonchev–Trinajstić information content (AvgIpc) is 2.81. The van der Waals surface area contributed by atoms with Crippen LogP contribution in [0.3, 0.4) is 0 Å². The Morgan fingerprint density at radius 3 is 2.35 bits per heavy atom. The molecule has 3 heterocycles. The van der Waals surface area contributed by atoms with Gasteiger partial charge in [0.05, 0.1) is 12.1 Å². The smallest absolute Gasteiger partial charge is 0.318 e. The van der Waals surface area contributed by atoms with Crippen LogP contribution in [0.15, 0.2) is 82.8 Å². The molecule has 0 aliphatic carbocycles. The first-order valence-corrected chi connectivity index (χ1v) is 9.91. The Hall–Kier alpha value is -4.07. The van der Waals surface area contributed by atoms with Crippen molar-refractivity contribution in [2.24, 2.45) is 0 Å². The second-order valence-corrected chi connectivity index (χ2v) is 7.07. The van der Waals surface area contributed by atoms with E-state index in [1.807, 2.05) is 30.3 Å². The fourth-order valence-electron chi connectivity index (χ4n) is 3.41. The van der Waals surface area contributed by atoms with Crippen molar-refractivity contribution in [1.82, 2.24) is 24.4 Å². The topological polar surface area (TPSA) is 98.9 Å². The number of rotatable bonds is 7. The molecule has 1 aromatic carbocycles. The van der Waals surface area contributed by atoms with Crippen LogP contribution in [-0.4, -0.2) is 31.6 Å². The predicted molar refractivity (Wildman–Crippen MR) is 117 cm³/mol. The lowest BCUT2D eigenvalue weighted by Crippen LogP contribution is -2.44. The Kier molecular flexibility index (Phi) is 5.98. The zero-order chi connectivity index (χ0) is 21.6. The predicted octanol–water partition coefficient (Wildman–Crippen LogP) is 1.36. The molecule has 8 nitrogen and oxygen atoms in total. The van der Waals surface area contributed by atoms with Crippen molar-refractivity contribution >= 4 is 17.1 Å². The minimum absolute atomic E-state index is 0.189. The molecule has 1 N–H and O–H groups in total. The third-order valence-corrected chi connectivity index (χ3v) is 4.96. The zero-order valence-corrected chi connectivity index (χ0v) is 16.8. The highest BCUT2D eigenvalue weighted by molar-refractivity contribution is 5.78. The molecule has 3 aromatic heterocycles. The standard InChI is InChI=1S/C23H21N5O3/c29-20(25-14-10-17-5-2-1-3-6-17)16-27-19-7-4-11-26-21(19)28(23(31)22(27)30)15-18-8-12-24-13-9-18/h1-9,11-13H,10,14-16H2,(H,25,29). The largest absolute Gasteiger partial charge is 0.354 e. The Morgan fingerprint density at radius 1 is 0.839 bits per heavy atom. The summed E-state index contributed by atoms with van der Waals surface area (Å²) in [4.78, 5) is 46.4. The van der Waals surface area contributed by atoms with Gasteiger partial charge in [0.25, 0.3) is 0 Å². The van der Waals surface area contributed by atoms with E-state index in [9.17, 15) is 14.4 Å². The van der Waals surface area contributed by atoms with Gasteiger partial charge >= 0.3 is 11.1 Å². The van der Waals surface area contributed by atoms with E-state index in [0.29, 0.717) is 24.1 Å². The number of fused-ring (bicyclic) bond motifs is 1. The normalized spacial score (nSPS) is 10.8. The van der Waals surface area contributed by atoms with E-state index in [1.165, 1.54) is 9.13 Å². The Bertz CT molecular complexity index is 1310. The average molecular weight is 415 g/mol. The van der Waals surface area contributed by atoms with Crippen molar-refractivity contribution in [2.75, 3.05) is 6.54 Å². The Balaban J connectivity index is 1.59. The van der Waals surface area contributed by atoms with E-state index in [0.717, 1.165) is 11.1 Å². The molecule has 0 spiro atoms. The van der Waals surface area contributed by atoms with E-state index in [4.69, 9.17) is 0 Å². The maximum atomic E-state index is 12.8. The van der Waals surface area contributed by atoms with Gasteiger partial charge < -0.3 is 5.32 Å². The zero-order valence-electron chi connectivity index (χ0n) is 16.8. The molecule has 0 saturated heterocycles. The molecule has 0 radical (unpaired) electrons. The first-order chi connectivity index (χ1) is 15.1. The van der Waals surface area contributed by atoms with Crippen LogP contribution in [-0.2, 0) is 24.3 Å². The Labute approximate surface area is 177 Å². The summed E-state index contributed by atoms with van der Waals surface area (Å²) in [5, 5.41) is 2.81. The van der Waals surface area contributed by atoms with Gasteiger partial charge in [0.15, 0.2) is 5.65 Å². The quantitative estimate of drug-likeness (QED) is 0.460. The van der Waals surface area contributed by atoms with Crippen molar-refractivity contribution in [2.45, 2.75) is 19.5 Å². The van der Waals surface area contributed by atoms with Crippen LogP contribution in [0.25, 0.3) is 11.2 Å². The van der Waals surface area contributed by atoms with Crippen LogP contribution in [0.1, 0.15) is 11.1 Å². The molecule has 0 aliphatic rings. The number of hydrogen-bond donors (Lipinski definition) is 1. The summed E-state index contributed by atoms with van der Waals surface area (Å²) >= 11 is 0. The van der Waals surface area contributed by atoms with Crippen LogP contribution < -0.4 is 16.4 Å². The summed E-state index contributed by atoms with van der Waals surface area (Å²) in [5.41, 5.74) is 1.22. The molecule has 0 unspecified atom stereocenters. The maximum Gasteiger partial charge on any atom is 0.318 e. The molecule has 1 amide bonds. The van der Waals surface area contributed by atoms with E-state index in [2.05, 4.69) is 15.3 Å². The van der Waals surface area contributed by atoms with E-state index in [-0.39, 0.29) is 19.0 Å². The fraction of sp³-hybridized carbons (Fsp3) is 0.174. The van der Waals surface area contributed by atoms with Crippen molar-refractivity contribution in [3.63, 3.8) is 0 Å². The summed E-state index contributed by atoms with van der Waals surface area (Å²) in [6.45, 7) is 0.377. The van der Waals surface area contributed by atoms with Gasteiger partial charge in [-0.05, 0) is 41.8 Å². The van der Waals surface area contributed by atoms with E-state index >= 15 is 0 Å². The first kappa shape index (κ1) is 20.2. The number of pyridine rings is 2. The Morgan fingerprint density at radius 2 is 1.58 bits per heavy atom. The highest BCUT2D eigenvalue weighted by Crippen LogP contribution is 2.09. The van der Waals surface area contributed by atoms with Crippen LogP contribution >= 0.6 is 0 Å². The van der Waals surface area contributed by atoms with Crippen LogP contribution in [0, 0.1) is 0 Å². The summed E-state index contributed by atoms with van der Waals surface area (Å²) in [5.74, 6) is -0.338. The molecule has 31 heavy (non-hydrogen) atoms. The van der Waals surface area contributed by atoms with Crippen LogP contribution in [0.5, 0.6) is 0 Å². The third-order valence-electron chi connectivity index (χ3n) is 4.96. The van der Waals surface area contributed by atoms with Crippen LogP contribution in [0.2, 0.25) is 0 Å². The SMILES string of the molecule is O=C(Cn1c(=O)c(=O)n(Cc2ccncc2)c2ncccc21)NCCc1ccccc1. The number of hydrogen-bond acceptors (Lipinski definition) is 5. The number of aromatic nitrogens is 4. The summed E-state index contributed by atoms with van der Waals surface area (Å²) in [6, 6.07) is 16.7. The molecule has 0 atom stereocenters. The number of carbonyl (C=O) groups is 1. The van der Waals surface area contributed by atoms with E-state index in [1.54, 1.807) is 42.9 Å². The lowest BCUT2D eigenvalue weighted by molar-refractivity contribution is -0.121. The lowest BCUT2D eigenvalue weighted by Gasteiger charge is -2.14. The molecule has 0 saturated carbocycles. The van der Waals surface area contributed by atoms with Gasteiger partial charge in [-0.25, -0.2) is 4.98 Å². The van der Waals surface area contributed by atoms with Gasteiger partial charge in [0.2, 0.25) is 5.91 Å². The number of benzene rings is 1. The minimum Gasteiger partial charge on any atom is -0.354 e. The monoisotopic (exact) mass is 415 g/mol. The van der Waals surface area contributed by atoms with Gasteiger partial charge in [-0.3, -0.25) is 28.5 Å². The molecule has 4 aromatic rings. The van der Waals surface area contributed by atoms with Crippen molar-refractivity contribution in [1.29, 1.82) is 0 Å². The molecule has 0 bridgehead atoms. The second kappa shape index (κ2) is 9.17. The highest BCUT2D eigenvalue weighted by Gasteiger charge is 2.16. The fourth-order valence-corrected chi connectivity index (χ4v) is 3.41. The second-order valence-electron chi connectivity index (χ2n) is 7.07. The summed E-state index contributed by atoms with van der Waals surface area (Å²) < 4.78 is 2.52. The minimum atomic E-state index is -0.757. The molecule has 0 aliphatic heterocycles. The molecule has 4 rings (SSSR count). The molecule has 0 fully saturated rings. The van der Waals surface area contributed by atoms with Gasteiger partial charge in [-0.1, -0.05) is 30.3 Å². The molecule has 156 valence electrons. The van der Waals surface area contributed by atoms with Gasteiger partial charge in [0, 0.05) is 25.1 Å². The molecular weight excluding hydrogens is 394 g/mol. The first-order valence-electron chi connectivity index (χ1n) is 9.91. The number of nitrogens with zero attached hydrogens (tertiary/aromatic N) is 4. The number of amides is 1. The van der Waals surface area contributed by atoms with Crippen molar-refractivity contribution in [3.8, 4) is 0 Å². The highest BCUT2D eigenvalue weighted by atomic mass is 16.2. The summed E-state index contributed by atoms with van der Waals surface area (Å²) in [6.07, 6.45) is 5.48. The van der Waals surface area contributed by atoms with Gasteiger partial charge in [-0.2, -0.15) is 0 Å². The number of carbonyl (C=O) groups excluding carboxylic acids is 1. The lowest BCUT2D eigenvalue weighted by atomic mass is 10.1. The van der Waals surface area contributed by atoms with Crippen molar-refractivity contribution < 1.29 is 4.79 Å².